The van der Waals surface area contributed by atoms with Crippen molar-refractivity contribution in [1.29, 1.82) is 0 Å². The normalized spacial score (nSPS) is 25.7. The molecule has 0 amide bonds. The van der Waals surface area contributed by atoms with Gasteiger partial charge >= 0.3 is 0 Å². The van der Waals surface area contributed by atoms with E-state index >= 15 is 0 Å². The van der Waals surface area contributed by atoms with Gasteiger partial charge in [0.2, 0.25) is 0 Å². The van der Waals surface area contributed by atoms with Crippen molar-refractivity contribution in [3.63, 3.8) is 0 Å². The molecule has 2 rings (SSSR count). The molecule has 112 valence electrons. The average Bonchev–Trinajstić information content (AvgIpc) is 3.23. The molecule has 0 radical (unpaired) electrons. The maximum absolute atomic E-state index is 9.91. The first-order valence-electron chi connectivity index (χ1n) is 7.86. The van der Waals surface area contributed by atoms with Crippen molar-refractivity contribution >= 4 is 0 Å². The highest BCUT2D eigenvalue weighted by Gasteiger charge is 2.45. The number of piperidine rings is 1. The summed E-state index contributed by atoms with van der Waals surface area (Å²) in [5.74, 6) is 0.672. The van der Waals surface area contributed by atoms with Crippen LogP contribution < -0.4 is 5.32 Å². The molecule has 2 aliphatic rings. The number of aliphatic hydroxyl groups is 1. The van der Waals surface area contributed by atoms with Crippen LogP contribution in [0.2, 0.25) is 0 Å². The molecule has 0 aromatic rings. The summed E-state index contributed by atoms with van der Waals surface area (Å²) in [5.41, 5.74) is -0.0626. The Kier molecular flexibility index (Phi) is 5.23. The fourth-order valence-corrected chi connectivity index (χ4v) is 3.56. The van der Waals surface area contributed by atoms with E-state index in [4.69, 9.17) is 0 Å². The number of hydrogen-bond donors (Lipinski definition) is 2. The third kappa shape index (κ3) is 3.69. The summed E-state index contributed by atoms with van der Waals surface area (Å²) in [7, 11) is 4.44. The lowest BCUT2D eigenvalue weighted by molar-refractivity contribution is 0.0660. The second-order valence-electron chi connectivity index (χ2n) is 6.57. The second kappa shape index (κ2) is 6.53. The monoisotopic (exact) mass is 269 g/mol. The van der Waals surface area contributed by atoms with Crippen LogP contribution in [-0.4, -0.2) is 73.4 Å². The van der Waals surface area contributed by atoms with E-state index in [0.29, 0.717) is 12.0 Å². The van der Waals surface area contributed by atoms with E-state index in [1.807, 2.05) is 0 Å². The maximum Gasteiger partial charge on any atom is 0.0628 e. The molecule has 0 spiro atoms. The fraction of sp³-hybridized carbons (Fsp3) is 1.00. The van der Waals surface area contributed by atoms with Crippen molar-refractivity contribution in [1.82, 2.24) is 15.1 Å². The van der Waals surface area contributed by atoms with Crippen molar-refractivity contribution < 1.29 is 5.11 Å². The zero-order chi connectivity index (χ0) is 13.9. The predicted molar refractivity (Wildman–Crippen MR) is 79.4 cm³/mol. The molecule has 1 heterocycles. The predicted octanol–water partition coefficient (Wildman–Crippen LogP) is 0.763. The third-order valence-corrected chi connectivity index (χ3v) is 5.01. The minimum Gasteiger partial charge on any atom is -0.394 e. The molecule has 0 aromatic carbocycles. The molecule has 4 heteroatoms. The van der Waals surface area contributed by atoms with Gasteiger partial charge in [-0.1, -0.05) is 6.92 Å². The average molecular weight is 269 g/mol. The third-order valence-electron chi connectivity index (χ3n) is 5.01. The van der Waals surface area contributed by atoms with Gasteiger partial charge in [-0.2, -0.15) is 0 Å². The molecule has 1 saturated heterocycles. The fourth-order valence-electron chi connectivity index (χ4n) is 3.56. The molecule has 0 bridgehead atoms. The Balaban J connectivity index is 1.92. The van der Waals surface area contributed by atoms with Crippen molar-refractivity contribution in [2.45, 2.75) is 44.2 Å². The van der Waals surface area contributed by atoms with Crippen LogP contribution in [0.1, 0.15) is 32.6 Å². The summed E-state index contributed by atoms with van der Waals surface area (Å²) in [5, 5.41) is 13.5. The van der Waals surface area contributed by atoms with Gasteiger partial charge in [0.25, 0.3) is 0 Å². The number of likely N-dealkylation sites (N-methyl/N-ethyl adjacent to an activating group) is 2. The topological polar surface area (TPSA) is 38.7 Å². The van der Waals surface area contributed by atoms with Gasteiger partial charge < -0.3 is 20.2 Å². The number of hydrogen-bond acceptors (Lipinski definition) is 4. The van der Waals surface area contributed by atoms with E-state index in [1.165, 1.54) is 38.8 Å². The summed E-state index contributed by atoms with van der Waals surface area (Å²) >= 11 is 0. The number of nitrogens with one attached hydrogen (secondary N) is 1. The van der Waals surface area contributed by atoms with Crippen LogP contribution in [0.5, 0.6) is 0 Å². The highest BCUT2D eigenvalue weighted by molar-refractivity contribution is 5.03. The molecule has 1 aliphatic carbocycles. The minimum absolute atomic E-state index is 0.0626. The van der Waals surface area contributed by atoms with E-state index in [1.54, 1.807) is 0 Å². The quantitative estimate of drug-likeness (QED) is 0.716. The summed E-state index contributed by atoms with van der Waals surface area (Å²) in [6, 6.07) is 0.680. The second-order valence-corrected chi connectivity index (χ2v) is 6.57. The van der Waals surface area contributed by atoms with Crippen molar-refractivity contribution in [3.8, 4) is 0 Å². The van der Waals surface area contributed by atoms with Crippen molar-refractivity contribution in [2.75, 3.05) is 46.9 Å². The Labute approximate surface area is 118 Å². The lowest BCUT2D eigenvalue weighted by Crippen LogP contribution is -2.59. The first-order valence-corrected chi connectivity index (χ1v) is 7.86. The van der Waals surface area contributed by atoms with Gasteiger partial charge in [0.1, 0.15) is 0 Å². The maximum atomic E-state index is 9.91. The molecule has 2 fully saturated rings. The lowest BCUT2D eigenvalue weighted by atomic mass is 9.91. The van der Waals surface area contributed by atoms with Gasteiger partial charge in [-0.15, -0.1) is 0 Å². The van der Waals surface area contributed by atoms with Crippen LogP contribution in [-0.2, 0) is 0 Å². The Hall–Kier alpha value is -0.160. The molecule has 19 heavy (non-hydrogen) atoms. The van der Waals surface area contributed by atoms with Crippen LogP contribution in [0.3, 0.4) is 0 Å². The summed E-state index contributed by atoms with van der Waals surface area (Å²) < 4.78 is 0. The number of nitrogens with zero attached hydrogens (tertiary/aromatic N) is 2. The largest absolute Gasteiger partial charge is 0.394 e. The van der Waals surface area contributed by atoms with Gasteiger partial charge in [0.15, 0.2) is 0 Å². The van der Waals surface area contributed by atoms with Crippen LogP contribution in [0.25, 0.3) is 0 Å². The van der Waals surface area contributed by atoms with Gasteiger partial charge in [-0.25, -0.2) is 0 Å². The summed E-state index contributed by atoms with van der Waals surface area (Å²) in [4.78, 5) is 4.90. The molecule has 2 N–H and O–H groups in total. The van der Waals surface area contributed by atoms with E-state index in [0.717, 1.165) is 13.1 Å². The number of aliphatic hydroxyl groups excluding tert-OH is 1. The first kappa shape index (κ1) is 15.2. The molecular weight excluding hydrogens is 238 g/mol. The smallest absolute Gasteiger partial charge is 0.0628 e. The van der Waals surface area contributed by atoms with Gasteiger partial charge in [0.05, 0.1) is 12.1 Å². The van der Waals surface area contributed by atoms with Crippen LogP contribution >= 0.6 is 0 Å². The van der Waals surface area contributed by atoms with Crippen molar-refractivity contribution in [3.05, 3.63) is 0 Å². The Bertz CT molecular complexity index is 275. The lowest BCUT2D eigenvalue weighted by Gasteiger charge is -2.42. The zero-order valence-electron chi connectivity index (χ0n) is 12.9. The Morgan fingerprint density at radius 2 is 1.89 bits per heavy atom. The van der Waals surface area contributed by atoms with E-state index < -0.39 is 0 Å². The van der Waals surface area contributed by atoms with E-state index in [9.17, 15) is 5.11 Å². The summed E-state index contributed by atoms with van der Waals surface area (Å²) in [6.07, 6.45) is 5.06. The first-order chi connectivity index (χ1) is 9.11. The van der Waals surface area contributed by atoms with Crippen molar-refractivity contribution in [2.24, 2.45) is 5.92 Å². The zero-order valence-corrected chi connectivity index (χ0v) is 12.9. The van der Waals surface area contributed by atoms with Gasteiger partial charge in [0, 0.05) is 12.6 Å². The van der Waals surface area contributed by atoms with E-state index in [2.05, 4.69) is 36.1 Å². The van der Waals surface area contributed by atoms with Crippen LogP contribution in [0, 0.1) is 5.92 Å². The highest BCUT2D eigenvalue weighted by Crippen LogP contribution is 2.40. The number of likely N-dealkylation sites (tertiary alicyclic amines) is 1. The molecule has 1 saturated carbocycles. The van der Waals surface area contributed by atoms with Gasteiger partial charge in [-0.05, 0) is 65.3 Å². The van der Waals surface area contributed by atoms with Gasteiger partial charge in [-0.3, -0.25) is 0 Å². The molecule has 4 nitrogen and oxygen atoms in total. The molecule has 1 unspecified atom stereocenters. The standard InChI is InChI=1S/C15H31N3O/c1-4-16-15(12-19,13-5-6-13)11-18(3)14-7-9-17(2)10-8-14/h13-14,16,19H,4-12H2,1-3H3. The number of rotatable bonds is 7. The Morgan fingerprint density at radius 1 is 1.26 bits per heavy atom. The molecular formula is C15H31N3O. The highest BCUT2D eigenvalue weighted by atomic mass is 16.3. The van der Waals surface area contributed by atoms with E-state index in [-0.39, 0.29) is 12.1 Å². The molecule has 0 aromatic heterocycles. The molecule has 1 atom stereocenters. The van der Waals surface area contributed by atoms with Crippen LogP contribution in [0.4, 0.5) is 0 Å². The minimum atomic E-state index is -0.0626. The van der Waals surface area contributed by atoms with Crippen LogP contribution in [0.15, 0.2) is 0 Å². The Morgan fingerprint density at radius 3 is 2.37 bits per heavy atom. The SMILES string of the molecule is CCNC(CO)(CN(C)C1CCN(C)CC1)C1CC1. The summed E-state index contributed by atoms with van der Waals surface area (Å²) in [6.45, 7) is 6.73. The molecule has 1 aliphatic heterocycles.